The summed E-state index contributed by atoms with van der Waals surface area (Å²) >= 11 is 5.62. The summed E-state index contributed by atoms with van der Waals surface area (Å²) < 4.78 is 5.33. The van der Waals surface area contributed by atoms with Crippen LogP contribution >= 0.6 is 11.6 Å². The number of hydrogen-bond acceptors (Lipinski definition) is 2. The van der Waals surface area contributed by atoms with Gasteiger partial charge in [0.15, 0.2) is 0 Å². The Kier molecular flexibility index (Phi) is 4.05. The second-order valence-electron chi connectivity index (χ2n) is 2.54. The lowest BCUT2D eigenvalue weighted by Gasteiger charge is -2.01. The average Bonchev–Trinajstić information content (AvgIpc) is 2.09. The minimum atomic E-state index is 0.522. The fraction of sp³-hybridized carbons (Fsp3) is 0.444. The first-order chi connectivity index (χ1) is 5.83. The van der Waals surface area contributed by atoms with Gasteiger partial charge in [-0.25, -0.2) is 4.98 Å². The van der Waals surface area contributed by atoms with Crippen molar-refractivity contribution >= 4 is 11.6 Å². The molecule has 0 unspecified atom stereocenters. The maximum Gasteiger partial charge on any atom is 0.129 e. The number of nitrogens with zero attached hydrogens (tertiary/aromatic N) is 1. The summed E-state index contributed by atoms with van der Waals surface area (Å²) in [5.41, 5.74) is 1.06. The lowest BCUT2D eigenvalue weighted by atomic mass is 10.3. The third-order valence-corrected chi connectivity index (χ3v) is 1.63. The Morgan fingerprint density at radius 2 is 2.33 bits per heavy atom. The molecule has 1 aromatic heterocycles. The van der Waals surface area contributed by atoms with Crippen molar-refractivity contribution in [2.24, 2.45) is 0 Å². The highest BCUT2D eigenvalue weighted by Gasteiger charge is 1.92. The zero-order valence-electron chi connectivity index (χ0n) is 7.09. The lowest BCUT2D eigenvalue weighted by molar-refractivity contribution is 0.121. The fourth-order valence-electron chi connectivity index (χ4n) is 0.826. The summed E-state index contributed by atoms with van der Waals surface area (Å²) in [4.78, 5) is 3.94. The van der Waals surface area contributed by atoms with E-state index in [1.807, 2.05) is 6.07 Å². The van der Waals surface area contributed by atoms with E-state index in [0.717, 1.165) is 18.6 Å². The number of rotatable bonds is 4. The maximum atomic E-state index is 5.62. The molecule has 0 aliphatic carbocycles. The summed E-state index contributed by atoms with van der Waals surface area (Å²) in [7, 11) is 0. The lowest BCUT2D eigenvalue weighted by Crippen LogP contribution is -1.94. The molecule has 0 bridgehead atoms. The highest BCUT2D eigenvalue weighted by molar-refractivity contribution is 6.29. The Labute approximate surface area is 77.5 Å². The minimum Gasteiger partial charge on any atom is -0.377 e. The van der Waals surface area contributed by atoms with Gasteiger partial charge >= 0.3 is 0 Å². The maximum absolute atomic E-state index is 5.62. The second-order valence-corrected chi connectivity index (χ2v) is 2.93. The van der Waals surface area contributed by atoms with Crippen LogP contribution in [0.1, 0.15) is 18.9 Å². The third kappa shape index (κ3) is 3.20. The Hall–Kier alpha value is -0.600. The first-order valence-electron chi connectivity index (χ1n) is 4.01. The average molecular weight is 186 g/mol. The molecule has 0 aliphatic heterocycles. The molecule has 0 atom stereocenters. The molecule has 0 amide bonds. The molecular formula is C9H12ClNO. The van der Waals surface area contributed by atoms with Gasteiger partial charge in [0.2, 0.25) is 0 Å². The number of pyridine rings is 1. The van der Waals surface area contributed by atoms with Crippen molar-refractivity contribution < 1.29 is 4.74 Å². The Morgan fingerprint density at radius 3 is 2.92 bits per heavy atom. The summed E-state index contributed by atoms with van der Waals surface area (Å²) in [6, 6.07) is 3.69. The molecule has 3 heteroatoms. The Balaban J connectivity index is 2.37. The largest absolute Gasteiger partial charge is 0.377 e. The van der Waals surface area contributed by atoms with Crippen LogP contribution in [-0.4, -0.2) is 11.6 Å². The van der Waals surface area contributed by atoms with Crippen LogP contribution < -0.4 is 0 Å². The normalized spacial score (nSPS) is 10.2. The third-order valence-electron chi connectivity index (χ3n) is 1.41. The summed E-state index contributed by atoms with van der Waals surface area (Å²) in [5.74, 6) is 0. The van der Waals surface area contributed by atoms with E-state index in [4.69, 9.17) is 16.3 Å². The van der Waals surface area contributed by atoms with Crippen LogP contribution in [0.2, 0.25) is 5.15 Å². The molecule has 1 heterocycles. The van der Waals surface area contributed by atoms with E-state index in [2.05, 4.69) is 11.9 Å². The van der Waals surface area contributed by atoms with E-state index < -0.39 is 0 Å². The summed E-state index contributed by atoms with van der Waals surface area (Å²) in [5, 5.41) is 0.522. The van der Waals surface area contributed by atoms with Gasteiger partial charge in [-0.05, 0) is 18.1 Å². The van der Waals surface area contributed by atoms with Crippen LogP contribution in [0.3, 0.4) is 0 Å². The number of aromatic nitrogens is 1. The standard InChI is InChI=1S/C9H12ClNO/c1-2-5-12-7-8-3-4-9(10)11-6-8/h3-4,6H,2,5,7H2,1H3. The van der Waals surface area contributed by atoms with Crippen molar-refractivity contribution in [2.45, 2.75) is 20.0 Å². The molecule has 66 valence electrons. The van der Waals surface area contributed by atoms with E-state index in [1.54, 1.807) is 12.3 Å². The number of hydrogen-bond donors (Lipinski definition) is 0. The molecule has 12 heavy (non-hydrogen) atoms. The van der Waals surface area contributed by atoms with Gasteiger partial charge < -0.3 is 4.74 Å². The van der Waals surface area contributed by atoms with Gasteiger partial charge in [-0.1, -0.05) is 24.6 Å². The number of ether oxygens (including phenoxy) is 1. The molecule has 0 saturated heterocycles. The topological polar surface area (TPSA) is 22.1 Å². The summed E-state index contributed by atoms with van der Waals surface area (Å²) in [6.07, 6.45) is 2.78. The highest BCUT2D eigenvalue weighted by atomic mass is 35.5. The molecule has 0 aliphatic rings. The Morgan fingerprint density at radius 1 is 1.50 bits per heavy atom. The van der Waals surface area contributed by atoms with Crippen molar-refractivity contribution in [2.75, 3.05) is 6.61 Å². The predicted octanol–water partition coefficient (Wildman–Crippen LogP) is 2.66. The first kappa shape index (κ1) is 9.49. The van der Waals surface area contributed by atoms with Crippen LogP contribution in [0.15, 0.2) is 18.3 Å². The van der Waals surface area contributed by atoms with Gasteiger partial charge in [-0.2, -0.15) is 0 Å². The quantitative estimate of drug-likeness (QED) is 0.532. The molecule has 0 spiro atoms. The van der Waals surface area contributed by atoms with Crippen molar-refractivity contribution in [3.8, 4) is 0 Å². The van der Waals surface area contributed by atoms with Crippen molar-refractivity contribution in [3.05, 3.63) is 29.0 Å². The zero-order valence-corrected chi connectivity index (χ0v) is 7.84. The zero-order chi connectivity index (χ0) is 8.81. The van der Waals surface area contributed by atoms with Gasteiger partial charge in [-0.15, -0.1) is 0 Å². The highest BCUT2D eigenvalue weighted by Crippen LogP contribution is 2.06. The monoisotopic (exact) mass is 185 g/mol. The Bertz CT molecular complexity index is 222. The van der Waals surface area contributed by atoms with E-state index in [0.29, 0.717) is 11.8 Å². The SMILES string of the molecule is CCCOCc1ccc(Cl)nc1. The van der Waals surface area contributed by atoms with Crippen LogP contribution in [0, 0.1) is 0 Å². The second kappa shape index (κ2) is 5.12. The molecule has 0 radical (unpaired) electrons. The predicted molar refractivity (Wildman–Crippen MR) is 49.2 cm³/mol. The van der Waals surface area contributed by atoms with Crippen molar-refractivity contribution in [3.63, 3.8) is 0 Å². The van der Waals surface area contributed by atoms with Crippen molar-refractivity contribution in [1.29, 1.82) is 0 Å². The smallest absolute Gasteiger partial charge is 0.129 e. The van der Waals surface area contributed by atoms with E-state index >= 15 is 0 Å². The van der Waals surface area contributed by atoms with Gasteiger partial charge in [-0.3, -0.25) is 0 Å². The molecule has 0 saturated carbocycles. The van der Waals surface area contributed by atoms with Crippen LogP contribution in [0.25, 0.3) is 0 Å². The molecule has 2 nitrogen and oxygen atoms in total. The van der Waals surface area contributed by atoms with E-state index in [-0.39, 0.29) is 0 Å². The van der Waals surface area contributed by atoms with Gasteiger partial charge in [0.25, 0.3) is 0 Å². The van der Waals surface area contributed by atoms with Gasteiger partial charge in [0.1, 0.15) is 5.15 Å². The van der Waals surface area contributed by atoms with Crippen LogP contribution in [0.5, 0.6) is 0 Å². The summed E-state index contributed by atoms with van der Waals surface area (Å²) in [6.45, 7) is 3.50. The fourth-order valence-corrected chi connectivity index (χ4v) is 0.938. The van der Waals surface area contributed by atoms with Crippen molar-refractivity contribution in [1.82, 2.24) is 4.98 Å². The molecule has 1 rings (SSSR count). The van der Waals surface area contributed by atoms with Gasteiger partial charge in [0.05, 0.1) is 6.61 Å². The van der Waals surface area contributed by atoms with Gasteiger partial charge in [0, 0.05) is 12.8 Å². The number of halogens is 1. The minimum absolute atomic E-state index is 0.522. The molecule has 1 aromatic rings. The van der Waals surface area contributed by atoms with E-state index in [1.165, 1.54) is 0 Å². The van der Waals surface area contributed by atoms with E-state index in [9.17, 15) is 0 Å². The molecule has 0 N–H and O–H groups in total. The van der Waals surface area contributed by atoms with Crippen LogP contribution in [0.4, 0.5) is 0 Å². The molecule has 0 aromatic carbocycles. The molecular weight excluding hydrogens is 174 g/mol. The molecule has 0 fully saturated rings. The van der Waals surface area contributed by atoms with Crippen LogP contribution in [-0.2, 0) is 11.3 Å². The first-order valence-corrected chi connectivity index (χ1v) is 4.39.